The lowest BCUT2D eigenvalue weighted by Crippen LogP contribution is -2.28. The van der Waals surface area contributed by atoms with Crippen LogP contribution in [0.2, 0.25) is 0 Å². The predicted octanol–water partition coefficient (Wildman–Crippen LogP) is 1.19. The smallest absolute Gasteiger partial charge is 0.310 e. The van der Waals surface area contributed by atoms with Crippen LogP contribution in [0.1, 0.15) is 26.2 Å². The Labute approximate surface area is 79.8 Å². The van der Waals surface area contributed by atoms with Crippen LogP contribution in [0.25, 0.3) is 0 Å². The maximum Gasteiger partial charge on any atom is 0.310 e. The molecule has 76 valence electrons. The summed E-state index contributed by atoms with van der Waals surface area (Å²) in [6.07, 6.45) is 3.58. The van der Waals surface area contributed by atoms with Crippen LogP contribution in [0.15, 0.2) is 0 Å². The highest BCUT2D eigenvalue weighted by molar-refractivity contribution is 5.72. The number of hydrogen-bond acceptors (Lipinski definition) is 3. The van der Waals surface area contributed by atoms with Crippen LogP contribution in [0.5, 0.6) is 0 Å². The van der Waals surface area contributed by atoms with Gasteiger partial charge in [-0.15, -0.1) is 0 Å². The van der Waals surface area contributed by atoms with Crippen LogP contribution in [0.4, 0.5) is 0 Å². The van der Waals surface area contributed by atoms with Gasteiger partial charge in [-0.2, -0.15) is 0 Å². The van der Waals surface area contributed by atoms with E-state index in [0.29, 0.717) is 6.61 Å². The molecule has 0 bridgehead atoms. The van der Waals surface area contributed by atoms with E-state index >= 15 is 0 Å². The fourth-order valence-electron chi connectivity index (χ4n) is 1.53. The van der Waals surface area contributed by atoms with Gasteiger partial charge in [0.2, 0.25) is 0 Å². The third kappa shape index (κ3) is 3.77. The molecule has 0 aromatic rings. The molecule has 0 radical (unpaired) electrons. The van der Waals surface area contributed by atoms with E-state index in [-0.39, 0.29) is 11.9 Å². The first-order valence-corrected chi connectivity index (χ1v) is 5.09. The fourth-order valence-corrected chi connectivity index (χ4v) is 1.53. The van der Waals surface area contributed by atoms with Crippen molar-refractivity contribution in [1.82, 2.24) is 5.32 Å². The molecule has 1 rings (SSSR count). The second kappa shape index (κ2) is 5.22. The third-order valence-corrected chi connectivity index (χ3v) is 2.39. The normalized spacial score (nSPS) is 18.3. The van der Waals surface area contributed by atoms with E-state index < -0.39 is 0 Å². The van der Waals surface area contributed by atoms with Crippen molar-refractivity contribution in [3.05, 3.63) is 0 Å². The van der Waals surface area contributed by atoms with E-state index in [1.807, 2.05) is 14.0 Å². The molecule has 0 amide bonds. The number of carbonyl (C=O) groups is 1. The summed E-state index contributed by atoms with van der Waals surface area (Å²) in [5.41, 5.74) is 0. The molecule has 0 aromatic heterocycles. The van der Waals surface area contributed by atoms with Gasteiger partial charge in [0, 0.05) is 6.54 Å². The molecule has 1 aliphatic carbocycles. The van der Waals surface area contributed by atoms with Crippen molar-refractivity contribution < 1.29 is 9.53 Å². The van der Waals surface area contributed by atoms with Gasteiger partial charge in [0.25, 0.3) is 0 Å². The summed E-state index contributed by atoms with van der Waals surface area (Å²) in [7, 11) is 1.87. The highest BCUT2D eigenvalue weighted by Crippen LogP contribution is 2.35. The van der Waals surface area contributed by atoms with Gasteiger partial charge in [-0.05, 0) is 26.3 Å². The number of hydrogen-bond donors (Lipinski definition) is 1. The van der Waals surface area contributed by atoms with Crippen molar-refractivity contribution in [2.24, 2.45) is 11.8 Å². The molecular weight excluding hydrogens is 166 g/mol. The van der Waals surface area contributed by atoms with Crippen LogP contribution in [-0.4, -0.2) is 26.2 Å². The topological polar surface area (TPSA) is 38.3 Å². The first kappa shape index (κ1) is 10.5. The molecule has 1 fully saturated rings. The van der Waals surface area contributed by atoms with Gasteiger partial charge < -0.3 is 10.1 Å². The zero-order chi connectivity index (χ0) is 9.68. The van der Waals surface area contributed by atoms with Gasteiger partial charge in [0.1, 0.15) is 0 Å². The molecule has 0 aliphatic heterocycles. The minimum atomic E-state index is -0.0382. The summed E-state index contributed by atoms with van der Waals surface area (Å²) in [4.78, 5) is 11.4. The molecule has 0 heterocycles. The molecule has 1 atom stereocenters. The molecule has 13 heavy (non-hydrogen) atoms. The van der Waals surface area contributed by atoms with Crippen molar-refractivity contribution in [2.45, 2.75) is 26.2 Å². The summed E-state index contributed by atoms with van der Waals surface area (Å²) >= 11 is 0. The molecule has 1 saturated carbocycles. The van der Waals surface area contributed by atoms with Gasteiger partial charge in [-0.25, -0.2) is 0 Å². The number of carbonyl (C=O) groups excluding carboxylic acids is 1. The van der Waals surface area contributed by atoms with Crippen LogP contribution >= 0.6 is 0 Å². The molecule has 3 nitrogen and oxygen atoms in total. The van der Waals surface area contributed by atoms with Gasteiger partial charge in [0.15, 0.2) is 0 Å². The Bertz CT molecular complexity index is 166. The third-order valence-electron chi connectivity index (χ3n) is 2.39. The maximum atomic E-state index is 11.4. The molecule has 1 aliphatic rings. The summed E-state index contributed by atoms with van der Waals surface area (Å²) < 4.78 is 5.01. The lowest BCUT2D eigenvalue weighted by atomic mass is 10.0. The zero-order valence-corrected chi connectivity index (χ0v) is 8.51. The summed E-state index contributed by atoms with van der Waals surface area (Å²) in [5, 5.41) is 3.04. The Kier molecular flexibility index (Phi) is 4.22. The molecular formula is C10H19NO2. The van der Waals surface area contributed by atoms with E-state index in [4.69, 9.17) is 4.74 Å². The predicted molar refractivity (Wildman–Crippen MR) is 51.4 cm³/mol. The van der Waals surface area contributed by atoms with Crippen LogP contribution in [0, 0.1) is 11.8 Å². The van der Waals surface area contributed by atoms with Crippen molar-refractivity contribution >= 4 is 5.97 Å². The largest absolute Gasteiger partial charge is 0.466 e. The van der Waals surface area contributed by atoms with E-state index in [1.54, 1.807) is 0 Å². The van der Waals surface area contributed by atoms with Crippen molar-refractivity contribution in [3.8, 4) is 0 Å². The number of esters is 1. The maximum absolute atomic E-state index is 11.4. The highest BCUT2D eigenvalue weighted by Gasteiger charge is 2.29. The van der Waals surface area contributed by atoms with Crippen LogP contribution in [0.3, 0.4) is 0 Å². The highest BCUT2D eigenvalue weighted by atomic mass is 16.5. The molecule has 0 spiro atoms. The number of rotatable bonds is 6. The minimum absolute atomic E-state index is 0.0382. The van der Waals surface area contributed by atoms with Crippen LogP contribution < -0.4 is 5.32 Å². The van der Waals surface area contributed by atoms with Crippen molar-refractivity contribution in [1.29, 1.82) is 0 Å². The van der Waals surface area contributed by atoms with Crippen molar-refractivity contribution in [3.63, 3.8) is 0 Å². The minimum Gasteiger partial charge on any atom is -0.466 e. The lowest BCUT2D eigenvalue weighted by molar-refractivity contribution is -0.148. The van der Waals surface area contributed by atoms with E-state index in [1.165, 1.54) is 12.8 Å². The Morgan fingerprint density at radius 1 is 1.62 bits per heavy atom. The molecule has 0 aromatic carbocycles. The Balaban J connectivity index is 2.29. The monoisotopic (exact) mass is 185 g/mol. The lowest BCUT2D eigenvalue weighted by Gasteiger charge is -2.14. The van der Waals surface area contributed by atoms with Gasteiger partial charge >= 0.3 is 5.97 Å². The van der Waals surface area contributed by atoms with Gasteiger partial charge in [0.05, 0.1) is 12.5 Å². The van der Waals surface area contributed by atoms with E-state index in [2.05, 4.69) is 5.32 Å². The number of ether oxygens (including phenoxy) is 1. The second-order valence-corrected chi connectivity index (χ2v) is 3.69. The fraction of sp³-hybridized carbons (Fsp3) is 0.900. The summed E-state index contributed by atoms with van der Waals surface area (Å²) in [6.45, 7) is 3.09. The first-order valence-electron chi connectivity index (χ1n) is 5.09. The van der Waals surface area contributed by atoms with Gasteiger partial charge in [-0.1, -0.05) is 12.8 Å². The van der Waals surface area contributed by atoms with E-state index in [0.717, 1.165) is 18.9 Å². The summed E-state index contributed by atoms with van der Waals surface area (Å²) in [5.74, 6) is 0.809. The average Bonchev–Trinajstić information content (AvgIpc) is 2.88. The van der Waals surface area contributed by atoms with Crippen molar-refractivity contribution in [2.75, 3.05) is 20.2 Å². The Morgan fingerprint density at radius 3 is 2.77 bits per heavy atom. The Hall–Kier alpha value is -0.570. The average molecular weight is 185 g/mol. The standard InChI is InChI=1S/C10H19NO2/c1-3-13-10(12)9(7-11-2)6-8-4-5-8/h8-9,11H,3-7H2,1-2H3. The molecule has 3 heteroatoms. The quantitative estimate of drug-likeness (QED) is 0.632. The molecule has 0 saturated heterocycles. The first-order chi connectivity index (χ1) is 6.27. The second-order valence-electron chi connectivity index (χ2n) is 3.69. The molecule has 1 N–H and O–H groups in total. The zero-order valence-electron chi connectivity index (χ0n) is 8.51. The number of nitrogens with one attached hydrogen (secondary N) is 1. The Morgan fingerprint density at radius 2 is 2.31 bits per heavy atom. The summed E-state index contributed by atoms with van der Waals surface area (Å²) in [6, 6.07) is 0. The molecule has 1 unspecified atom stereocenters. The van der Waals surface area contributed by atoms with Crippen LogP contribution in [-0.2, 0) is 9.53 Å². The van der Waals surface area contributed by atoms with Gasteiger partial charge in [-0.3, -0.25) is 4.79 Å². The SMILES string of the molecule is CCOC(=O)C(CNC)CC1CC1. The van der Waals surface area contributed by atoms with E-state index in [9.17, 15) is 4.79 Å².